The molecule has 2 heterocycles. The van der Waals surface area contributed by atoms with Gasteiger partial charge in [0.25, 0.3) is 0 Å². The molecule has 0 radical (unpaired) electrons. The number of hydrogen-bond acceptors (Lipinski definition) is 4. The molecule has 4 heteroatoms. The third-order valence-electron chi connectivity index (χ3n) is 4.45. The molecule has 1 spiro atoms. The minimum absolute atomic E-state index is 0.0176. The molecule has 0 bridgehead atoms. The van der Waals surface area contributed by atoms with E-state index in [0.717, 1.165) is 25.7 Å². The van der Waals surface area contributed by atoms with Crippen molar-refractivity contribution in [1.29, 1.82) is 0 Å². The molecular formula is C15H20N2O2. The van der Waals surface area contributed by atoms with E-state index in [-0.39, 0.29) is 17.3 Å². The molecule has 0 aromatic carbocycles. The van der Waals surface area contributed by atoms with Crippen LogP contribution in [-0.4, -0.2) is 23.0 Å². The molecule has 19 heavy (non-hydrogen) atoms. The Morgan fingerprint density at radius 1 is 1.42 bits per heavy atom. The maximum atomic E-state index is 12.6. The predicted octanol–water partition coefficient (Wildman–Crippen LogP) is 2.59. The van der Waals surface area contributed by atoms with Crippen LogP contribution in [0.5, 0.6) is 0 Å². The maximum absolute atomic E-state index is 12.6. The van der Waals surface area contributed by atoms with Crippen LogP contribution in [0.25, 0.3) is 0 Å². The van der Waals surface area contributed by atoms with Crippen molar-refractivity contribution < 1.29 is 9.53 Å². The summed E-state index contributed by atoms with van der Waals surface area (Å²) in [6.45, 7) is 0.684. The Bertz CT molecular complexity index is 481. The lowest BCUT2D eigenvalue weighted by Crippen LogP contribution is -2.40. The highest BCUT2D eigenvalue weighted by Crippen LogP contribution is 2.42. The number of nitrogen functional groups attached to an aromatic ring is 1. The molecule has 2 N–H and O–H groups in total. The molecule has 102 valence electrons. The van der Waals surface area contributed by atoms with Crippen LogP contribution in [0.15, 0.2) is 18.3 Å². The van der Waals surface area contributed by atoms with Crippen molar-refractivity contribution in [2.45, 2.75) is 44.1 Å². The number of nitrogens with zero attached hydrogens (tertiary/aromatic N) is 1. The molecule has 1 aliphatic heterocycles. The van der Waals surface area contributed by atoms with Crippen molar-refractivity contribution >= 4 is 11.5 Å². The summed E-state index contributed by atoms with van der Waals surface area (Å²) >= 11 is 0. The zero-order chi connectivity index (χ0) is 13.3. The standard InChI is InChI=1S/C15H20N2O2/c16-12-4-3-8-17-13(12)14(18)11-5-9-19-15(10-11)6-1-2-7-15/h3-4,8,11H,1-2,5-7,9-10,16H2. The third-order valence-corrected chi connectivity index (χ3v) is 4.45. The highest BCUT2D eigenvalue weighted by atomic mass is 16.5. The number of anilines is 1. The number of pyridine rings is 1. The van der Waals surface area contributed by atoms with Gasteiger partial charge in [-0.05, 0) is 37.8 Å². The number of ether oxygens (including phenoxy) is 1. The summed E-state index contributed by atoms with van der Waals surface area (Å²) in [6.07, 6.45) is 7.87. The van der Waals surface area contributed by atoms with Crippen LogP contribution in [0.2, 0.25) is 0 Å². The van der Waals surface area contributed by atoms with Crippen LogP contribution < -0.4 is 5.73 Å². The molecule has 1 aromatic heterocycles. The van der Waals surface area contributed by atoms with Gasteiger partial charge in [0.1, 0.15) is 5.69 Å². The first-order valence-corrected chi connectivity index (χ1v) is 7.09. The van der Waals surface area contributed by atoms with Crippen molar-refractivity contribution in [2.75, 3.05) is 12.3 Å². The smallest absolute Gasteiger partial charge is 0.186 e. The Balaban J connectivity index is 1.78. The average molecular weight is 260 g/mol. The molecule has 1 saturated heterocycles. The van der Waals surface area contributed by atoms with Gasteiger partial charge in [-0.15, -0.1) is 0 Å². The summed E-state index contributed by atoms with van der Waals surface area (Å²) in [6, 6.07) is 3.50. The first-order valence-electron chi connectivity index (χ1n) is 7.09. The van der Waals surface area contributed by atoms with E-state index >= 15 is 0 Å². The lowest BCUT2D eigenvalue weighted by molar-refractivity contribution is -0.0866. The second kappa shape index (κ2) is 4.93. The van der Waals surface area contributed by atoms with Gasteiger partial charge in [0, 0.05) is 18.7 Å². The van der Waals surface area contributed by atoms with Crippen LogP contribution >= 0.6 is 0 Å². The van der Waals surface area contributed by atoms with Crippen molar-refractivity contribution in [2.24, 2.45) is 5.92 Å². The van der Waals surface area contributed by atoms with Crippen molar-refractivity contribution in [1.82, 2.24) is 4.98 Å². The van der Waals surface area contributed by atoms with E-state index in [1.165, 1.54) is 12.8 Å². The molecule has 3 rings (SSSR count). The Labute approximate surface area is 113 Å². The Kier molecular flexibility index (Phi) is 3.27. The van der Waals surface area contributed by atoms with Gasteiger partial charge >= 0.3 is 0 Å². The Morgan fingerprint density at radius 3 is 2.95 bits per heavy atom. The zero-order valence-electron chi connectivity index (χ0n) is 11.1. The molecule has 4 nitrogen and oxygen atoms in total. The molecule has 1 atom stereocenters. The van der Waals surface area contributed by atoms with E-state index in [9.17, 15) is 4.79 Å². The van der Waals surface area contributed by atoms with Crippen molar-refractivity contribution in [3.8, 4) is 0 Å². The maximum Gasteiger partial charge on any atom is 0.186 e. The zero-order valence-corrected chi connectivity index (χ0v) is 11.1. The van der Waals surface area contributed by atoms with Crippen LogP contribution in [0.4, 0.5) is 5.69 Å². The van der Waals surface area contributed by atoms with Crippen LogP contribution in [0.3, 0.4) is 0 Å². The summed E-state index contributed by atoms with van der Waals surface area (Å²) in [4.78, 5) is 16.7. The highest BCUT2D eigenvalue weighted by molar-refractivity contribution is 6.00. The Hall–Kier alpha value is -1.42. The quantitative estimate of drug-likeness (QED) is 0.830. The van der Waals surface area contributed by atoms with E-state index in [1.807, 2.05) is 0 Å². The normalized spacial score (nSPS) is 25.6. The van der Waals surface area contributed by atoms with Gasteiger partial charge in [-0.1, -0.05) is 12.8 Å². The fourth-order valence-electron chi connectivity index (χ4n) is 3.44. The van der Waals surface area contributed by atoms with E-state index in [0.29, 0.717) is 18.0 Å². The van der Waals surface area contributed by atoms with Crippen molar-refractivity contribution in [3.63, 3.8) is 0 Å². The number of hydrogen-bond donors (Lipinski definition) is 1. The lowest BCUT2D eigenvalue weighted by Gasteiger charge is -2.37. The number of carbonyl (C=O) groups excluding carboxylic acids is 1. The summed E-state index contributed by atoms with van der Waals surface area (Å²) < 4.78 is 5.97. The second-order valence-corrected chi connectivity index (χ2v) is 5.73. The summed E-state index contributed by atoms with van der Waals surface area (Å²) in [5.41, 5.74) is 6.74. The van der Waals surface area contributed by atoms with Gasteiger partial charge < -0.3 is 10.5 Å². The molecular weight excluding hydrogens is 240 g/mol. The van der Waals surface area contributed by atoms with E-state index in [4.69, 9.17) is 10.5 Å². The molecule has 0 amide bonds. The molecule has 1 unspecified atom stereocenters. The monoisotopic (exact) mass is 260 g/mol. The Morgan fingerprint density at radius 2 is 2.21 bits per heavy atom. The molecule has 2 fully saturated rings. The van der Waals surface area contributed by atoms with E-state index in [1.54, 1.807) is 18.3 Å². The first-order chi connectivity index (χ1) is 9.20. The predicted molar refractivity (Wildman–Crippen MR) is 72.9 cm³/mol. The van der Waals surface area contributed by atoms with Crippen molar-refractivity contribution in [3.05, 3.63) is 24.0 Å². The number of nitrogens with two attached hydrogens (primary N) is 1. The average Bonchev–Trinajstić information content (AvgIpc) is 2.86. The SMILES string of the molecule is Nc1cccnc1C(=O)C1CCOC2(CCCC2)C1. The summed E-state index contributed by atoms with van der Waals surface area (Å²) in [7, 11) is 0. The number of aromatic nitrogens is 1. The van der Waals surface area contributed by atoms with Gasteiger partial charge in [-0.3, -0.25) is 9.78 Å². The van der Waals surface area contributed by atoms with Gasteiger partial charge in [0.2, 0.25) is 0 Å². The highest BCUT2D eigenvalue weighted by Gasteiger charge is 2.42. The largest absolute Gasteiger partial charge is 0.397 e. The number of carbonyl (C=O) groups is 1. The number of rotatable bonds is 2. The minimum atomic E-state index is -0.0396. The molecule has 1 saturated carbocycles. The summed E-state index contributed by atoms with van der Waals surface area (Å²) in [5.74, 6) is 0.108. The van der Waals surface area contributed by atoms with E-state index < -0.39 is 0 Å². The fourth-order valence-corrected chi connectivity index (χ4v) is 3.44. The number of Topliss-reactive ketones (excluding diaryl/α,β-unsaturated/α-hetero) is 1. The fraction of sp³-hybridized carbons (Fsp3) is 0.600. The topological polar surface area (TPSA) is 65.2 Å². The van der Waals surface area contributed by atoms with Gasteiger partial charge in [-0.25, -0.2) is 0 Å². The third kappa shape index (κ3) is 2.37. The minimum Gasteiger partial charge on any atom is -0.397 e. The molecule has 1 aliphatic carbocycles. The van der Waals surface area contributed by atoms with Crippen LogP contribution in [0, 0.1) is 5.92 Å². The van der Waals surface area contributed by atoms with E-state index in [2.05, 4.69) is 4.98 Å². The van der Waals surface area contributed by atoms with Crippen LogP contribution in [0.1, 0.15) is 49.0 Å². The molecule has 1 aromatic rings. The summed E-state index contributed by atoms with van der Waals surface area (Å²) in [5, 5.41) is 0. The van der Waals surface area contributed by atoms with Gasteiger partial charge in [0.05, 0.1) is 11.3 Å². The molecule has 2 aliphatic rings. The second-order valence-electron chi connectivity index (χ2n) is 5.73. The van der Waals surface area contributed by atoms with Gasteiger partial charge in [0.15, 0.2) is 5.78 Å². The lowest BCUT2D eigenvalue weighted by atomic mass is 9.81. The van der Waals surface area contributed by atoms with Crippen LogP contribution in [-0.2, 0) is 4.74 Å². The van der Waals surface area contributed by atoms with Gasteiger partial charge in [-0.2, -0.15) is 0 Å². The first kappa shape index (κ1) is 12.6. The number of ketones is 1.